The molecular formula is C21H22FN3O4. The van der Waals surface area contributed by atoms with Gasteiger partial charge in [0.2, 0.25) is 12.0 Å². The van der Waals surface area contributed by atoms with E-state index in [1.54, 1.807) is 11.0 Å². The molecule has 0 aromatic heterocycles. The van der Waals surface area contributed by atoms with Gasteiger partial charge < -0.3 is 19.7 Å². The number of amides is 2. The van der Waals surface area contributed by atoms with Gasteiger partial charge in [-0.15, -0.1) is 0 Å². The van der Waals surface area contributed by atoms with E-state index < -0.39 is 6.10 Å². The van der Waals surface area contributed by atoms with Crippen LogP contribution < -0.4 is 14.8 Å². The lowest BCUT2D eigenvalue weighted by molar-refractivity contribution is -0.143. The van der Waals surface area contributed by atoms with E-state index in [9.17, 15) is 14.0 Å². The highest BCUT2D eigenvalue weighted by molar-refractivity contribution is 5.92. The number of rotatable bonds is 4. The summed E-state index contributed by atoms with van der Waals surface area (Å²) in [6.07, 6.45) is -0.654. The summed E-state index contributed by atoms with van der Waals surface area (Å²) < 4.78 is 24.4. The van der Waals surface area contributed by atoms with Gasteiger partial charge in [-0.3, -0.25) is 14.5 Å². The van der Waals surface area contributed by atoms with Gasteiger partial charge in [-0.25, -0.2) is 4.39 Å². The van der Waals surface area contributed by atoms with Gasteiger partial charge in [0.1, 0.15) is 12.4 Å². The van der Waals surface area contributed by atoms with Crippen molar-refractivity contribution >= 4 is 17.5 Å². The molecule has 2 aromatic rings. The summed E-state index contributed by atoms with van der Waals surface area (Å²) in [5.41, 5.74) is 0.556. The number of carbonyl (C=O) groups is 2. The maximum Gasteiger partial charge on any atom is 0.267 e. The molecule has 7 nitrogen and oxygen atoms in total. The molecule has 8 heteroatoms. The molecule has 2 heterocycles. The Bertz CT molecular complexity index is 882. The summed E-state index contributed by atoms with van der Waals surface area (Å²) in [5, 5.41) is 2.75. The number of ether oxygens (including phenoxy) is 2. The van der Waals surface area contributed by atoms with E-state index in [0.717, 1.165) is 0 Å². The van der Waals surface area contributed by atoms with Crippen molar-refractivity contribution in [3.8, 4) is 11.5 Å². The first-order chi connectivity index (χ1) is 14.1. The third kappa shape index (κ3) is 4.65. The molecule has 2 aliphatic heterocycles. The predicted molar refractivity (Wildman–Crippen MR) is 104 cm³/mol. The fourth-order valence-electron chi connectivity index (χ4n) is 3.41. The van der Waals surface area contributed by atoms with Crippen LogP contribution in [0.1, 0.15) is 0 Å². The zero-order valence-electron chi connectivity index (χ0n) is 15.8. The number of halogens is 1. The van der Waals surface area contributed by atoms with Gasteiger partial charge in [0.05, 0.1) is 6.54 Å². The largest absolute Gasteiger partial charge is 0.485 e. The van der Waals surface area contributed by atoms with Crippen LogP contribution in [0.25, 0.3) is 0 Å². The van der Waals surface area contributed by atoms with Crippen molar-refractivity contribution in [2.75, 3.05) is 44.6 Å². The molecule has 4 rings (SSSR count). The normalized spacial score (nSPS) is 18.9. The molecule has 1 saturated heterocycles. The Balaban J connectivity index is 1.24. The molecular weight excluding hydrogens is 377 g/mol. The second kappa shape index (κ2) is 8.48. The standard InChI is InChI=1S/C21H22FN3O4/c22-15-5-7-16(8-6-15)23-20(26)13-24-9-11-25(12-10-24)21(27)19-14-28-17-3-1-2-4-18(17)29-19/h1-8,19H,9-14H2,(H,23,26)/t19-/m0/s1. The van der Waals surface area contributed by atoms with Crippen LogP contribution in [0.15, 0.2) is 48.5 Å². The first-order valence-electron chi connectivity index (χ1n) is 9.53. The lowest BCUT2D eigenvalue weighted by Gasteiger charge is -2.36. The Hall–Kier alpha value is -3.13. The Morgan fingerprint density at radius 1 is 1.00 bits per heavy atom. The minimum Gasteiger partial charge on any atom is -0.485 e. The molecule has 0 bridgehead atoms. The topological polar surface area (TPSA) is 71.1 Å². The van der Waals surface area contributed by atoms with Crippen molar-refractivity contribution in [3.63, 3.8) is 0 Å². The van der Waals surface area contributed by atoms with Crippen molar-refractivity contribution in [2.24, 2.45) is 0 Å². The van der Waals surface area contributed by atoms with Crippen LogP contribution >= 0.6 is 0 Å². The summed E-state index contributed by atoms with van der Waals surface area (Å²) in [6.45, 7) is 2.62. The molecule has 1 fully saturated rings. The maximum atomic E-state index is 12.9. The molecule has 2 amide bonds. The Morgan fingerprint density at radius 3 is 2.41 bits per heavy atom. The van der Waals surface area contributed by atoms with Gasteiger partial charge in [0.15, 0.2) is 11.5 Å². The molecule has 1 atom stereocenters. The minimum absolute atomic E-state index is 0.102. The number of nitrogens with one attached hydrogen (secondary N) is 1. The molecule has 0 radical (unpaired) electrons. The van der Waals surface area contributed by atoms with Crippen LogP contribution in [0.5, 0.6) is 11.5 Å². The summed E-state index contributed by atoms with van der Waals surface area (Å²) in [4.78, 5) is 28.7. The lowest BCUT2D eigenvalue weighted by atomic mass is 10.2. The summed E-state index contributed by atoms with van der Waals surface area (Å²) >= 11 is 0. The summed E-state index contributed by atoms with van der Waals surface area (Å²) in [5.74, 6) is 0.605. The molecule has 0 aliphatic carbocycles. The molecule has 1 N–H and O–H groups in total. The van der Waals surface area contributed by atoms with E-state index in [2.05, 4.69) is 5.32 Å². The van der Waals surface area contributed by atoms with Crippen molar-refractivity contribution < 1.29 is 23.5 Å². The van der Waals surface area contributed by atoms with E-state index in [1.807, 2.05) is 23.1 Å². The molecule has 0 spiro atoms. The van der Waals surface area contributed by atoms with Gasteiger partial charge in [-0.05, 0) is 36.4 Å². The van der Waals surface area contributed by atoms with E-state index >= 15 is 0 Å². The Labute approximate surface area is 168 Å². The number of piperazine rings is 1. The highest BCUT2D eigenvalue weighted by Crippen LogP contribution is 2.31. The van der Waals surface area contributed by atoms with Crippen LogP contribution in [-0.2, 0) is 9.59 Å². The number of para-hydroxylation sites is 2. The minimum atomic E-state index is -0.654. The van der Waals surface area contributed by atoms with Gasteiger partial charge in [-0.2, -0.15) is 0 Å². The second-order valence-corrected chi connectivity index (χ2v) is 7.02. The molecule has 2 aliphatic rings. The van der Waals surface area contributed by atoms with Crippen LogP contribution in [0.2, 0.25) is 0 Å². The van der Waals surface area contributed by atoms with Crippen molar-refractivity contribution in [1.82, 2.24) is 9.80 Å². The highest BCUT2D eigenvalue weighted by Gasteiger charge is 2.32. The van der Waals surface area contributed by atoms with Crippen LogP contribution in [0, 0.1) is 5.82 Å². The molecule has 0 unspecified atom stereocenters. The van der Waals surface area contributed by atoms with Crippen LogP contribution in [-0.4, -0.2) is 67.0 Å². The molecule has 152 valence electrons. The van der Waals surface area contributed by atoms with E-state index in [0.29, 0.717) is 43.4 Å². The number of anilines is 1. The van der Waals surface area contributed by atoms with Crippen molar-refractivity contribution in [3.05, 3.63) is 54.3 Å². The van der Waals surface area contributed by atoms with E-state index in [1.165, 1.54) is 24.3 Å². The van der Waals surface area contributed by atoms with Gasteiger partial charge in [0.25, 0.3) is 5.91 Å². The quantitative estimate of drug-likeness (QED) is 0.848. The Kier molecular flexibility index (Phi) is 5.62. The zero-order chi connectivity index (χ0) is 20.2. The van der Waals surface area contributed by atoms with Crippen molar-refractivity contribution in [2.45, 2.75) is 6.10 Å². The highest BCUT2D eigenvalue weighted by atomic mass is 19.1. The van der Waals surface area contributed by atoms with Crippen LogP contribution in [0.3, 0.4) is 0 Å². The van der Waals surface area contributed by atoms with Crippen molar-refractivity contribution in [1.29, 1.82) is 0 Å². The number of carbonyl (C=O) groups excluding carboxylic acids is 2. The average molecular weight is 399 g/mol. The van der Waals surface area contributed by atoms with E-state index in [4.69, 9.17) is 9.47 Å². The fraction of sp³-hybridized carbons (Fsp3) is 0.333. The van der Waals surface area contributed by atoms with E-state index in [-0.39, 0.29) is 30.8 Å². The number of fused-ring (bicyclic) bond motifs is 1. The number of benzene rings is 2. The number of nitrogens with zero attached hydrogens (tertiary/aromatic N) is 2. The third-order valence-electron chi connectivity index (χ3n) is 4.96. The third-order valence-corrected chi connectivity index (χ3v) is 4.96. The monoisotopic (exact) mass is 399 g/mol. The van der Waals surface area contributed by atoms with Gasteiger partial charge in [0, 0.05) is 31.9 Å². The average Bonchev–Trinajstić information content (AvgIpc) is 2.75. The summed E-state index contributed by atoms with van der Waals surface area (Å²) in [6, 6.07) is 12.9. The lowest BCUT2D eigenvalue weighted by Crippen LogP contribution is -2.54. The van der Waals surface area contributed by atoms with Gasteiger partial charge in [-0.1, -0.05) is 12.1 Å². The zero-order valence-corrected chi connectivity index (χ0v) is 15.8. The maximum absolute atomic E-state index is 12.9. The SMILES string of the molecule is O=C(CN1CCN(C(=O)[C@@H]2COc3ccccc3O2)CC1)Nc1ccc(F)cc1. The second-order valence-electron chi connectivity index (χ2n) is 7.02. The number of hydrogen-bond acceptors (Lipinski definition) is 5. The molecule has 29 heavy (non-hydrogen) atoms. The fourth-order valence-corrected chi connectivity index (χ4v) is 3.41. The molecule has 2 aromatic carbocycles. The first-order valence-corrected chi connectivity index (χ1v) is 9.53. The molecule has 0 saturated carbocycles. The smallest absolute Gasteiger partial charge is 0.267 e. The number of hydrogen-bond donors (Lipinski definition) is 1. The first kappa shape index (κ1) is 19.2. The predicted octanol–water partition coefficient (Wildman–Crippen LogP) is 1.75. The van der Waals surface area contributed by atoms with Crippen LogP contribution in [0.4, 0.5) is 10.1 Å². The summed E-state index contributed by atoms with van der Waals surface area (Å²) in [7, 11) is 0. The Morgan fingerprint density at radius 2 is 1.69 bits per heavy atom. The van der Waals surface area contributed by atoms with Gasteiger partial charge >= 0.3 is 0 Å².